The van der Waals surface area contributed by atoms with Crippen LogP contribution in [0.15, 0.2) is 36.9 Å². The van der Waals surface area contributed by atoms with Crippen molar-refractivity contribution in [2.75, 3.05) is 6.54 Å². The molecule has 1 fully saturated rings. The lowest BCUT2D eigenvalue weighted by atomic mass is 9.99. The molecular formula is C16H18N4O. The van der Waals surface area contributed by atoms with E-state index in [0.717, 1.165) is 42.8 Å². The van der Waals surface area contributed by atoms with Gasteiger partial charge >= 0.3 is 0 Å². The number of pyridine rings is 1. The second-order valence-electron chi connectivity index (χ2n) is 5.29. The summed E-state index contributed by atoms with van der Waals surface area (Å²) in [6.45, 7) is 2.43. The molecule has 2 aromatic rings. The Balaban J connectivity index is 1.93. The van der Waals surface area contributed by atoms with Gasteiger partial charge in [0, 0.05) is 31.4 Å². The summed E-state index contributed by atoms with van der Waals surface area (Å²) in [6, 6.07) is 3.89. The van der Waals surface area contributed by atoms with Crippen molar-refractivity contribution in [3.05, 3.63) is 42.6 Å². The maximum Gasteiger partial charge on any atom is 0.220 e. The molecule has 5 nitrogen and oxygen atoms in total. The van der Waals surface area contributed by atoms with Gasteiger partial charge in [-0.1, -0.05) is 0 Å². The minimum absolute atomic E-state index is 0.0420. The molecule has 1 atom stereocenters. The fraction of sp³-hybridized carbons (Fsp3) is 0.375. The second-order valence-corrected chi connectivity index (χ2v) is 5.29. The van der Waals surface area contributed by atoms with Gasteiger partial charge < -0.3 is 4.90 Å². The van der Waals surface area contributed by atoms with Crippen LogP contribution < -0.4 is 0 Å². The van der Waals surface area contributed by atoms with Gasteiger partial charge in [0.05, 0.1) is 29.8 Å². The van der Waals surface area contributed by atoms with Gasteiger partial charge in [0.15, 0.2) is 0 Å². The van der Waals surface area contributed by atoms with Crippen LogP contribution in [0, 0.1) is 0 Å². The predicted molar refractivity (Wildman–Crippen MR) is 79.2 cm³/mol. The molecule has 1 saturated heterocycles. The first-order valence-corrected chi connectivity index (χ1v) is 7.25. The van der Waals surface area contributed by atoms with Gasteiger partial charge in [-0.2, -0.15) is 0 Å². The molecule has 0 aliphatic carbocycles. The minimum atomic E-state index is 0.0420. The molecule has 21 heavy (non-hydrogen) atoms. The van der Waals surface area contributed by atoms with E-state index in [1.54, 1.807) is 31.7 Å². The summed E-state index contributed by atoms with van der Waals surface area (Å²) in [6.07, 6.45) is 10.1. The number of hydrogen-bond donors (Lipinski definition) is 0. The standard InChI is InChI=1S/C16H18N4O/c1-12(21)20-8-3-2-6-16(20)15-11-18-10-14(19-15)13-5-4-7-17-9-13/h4-5,7,9-11,16H,2-3,6,8H2,1H3. The summed E-state index contributed by atoms with van der Waals surface area (Å²) in [5, 5.41) is 0. The Hall–Kier alpha value is -2.30. The van der Waals surface area contributed by atoms with Gasteiger partial charge in [-0.15, -0.1) is 0 Å². The average molecular weight is 282 g/mol. The monoisotopic (exact) mass is 282 g/mol. The number of amides is 1. The summed E-state index contributed by atoms with van der Waals surface area (Å²) in [5.74, 6) is 0.105. The Morgan fingerprint density at radius 1 is 1.24 bits per heavy atom. The number of hydrogen-bond acceptors (Lipinski definition) is 4. The zero-order chi connectivity index (χ0) is 14.7. The summed E-state index contributed by atoms with van der Waals surface area (Å²) in [5.41, 5.74) is 2.61. The first kappa shape index (κ1) is 13.7. The van der Waals surface area contributed by atoms with Crippen molar-refractivity contribution in [3.63, 3.8) is 0 Å². The van der Waals surface area contributed by atoms with Crippen LogP contribution in [0.4, 0.5) is 0 Å². The molecule has 1 aliphatic rings. The summed E-state index contributed by atoms with van der Waals surface area (Å²) >= 11 is 0. The smallest absolute Gasteiger partial charge is 0.220 e. The minimum Gasteiger partial charge on any atom is -0.334 e. The second kappa shape index (κ2) is 5.99. The van der Waals surface area contributed by atoms with Crippen LogP contribution in [-0.4, -0.2) is 32.3 Å². The van der Waals surface area contributed by atoms with Crippen LogP contribution in [0.3, 0.4) is 0 Å². The molecule has 0 radical (unpaired) electrons. The lowest BCUT2D eigenvalue weighted by molar-refractivity contribution is -0.132. The molecule has 1 unspecified atom stereocenters. The van der Waals surface area contributed by atoms with Crippen molar-refractivity contribution in [1.82, 2.24) is 19.9 Å². The quantitative estimate of drug-likeness (QED) is 0.849. The molecule has 1 aliphatic heterocycles. The van der Waals surface area contributed by atoms with E-state index in [9.17, 15) is 4.79 Å². The van der Waals surface area contributed by atoms with E-state index in [-0.39, 0.29) is 11.9 Å². The van der Waals surface area contributed by atoms with E-state index in [4.69, 9.17) is 4.98 Å². The van der Waals surface area contributed by atoms with Gasteiger partial charge in [0.25, 0.3) is 0 Å². The normalized spacial score (nSPS) is 18.5. The predicted octanol–water partition coefficient (Wildman–Crippen LogP) is 2.61. The molecule has 108 valence electrons. The molecular weight excluding hydrogens is 264 g/mol. The van der Waals surface area contributed by atoms with E-state index < -0.39 is 0 Å². The van der Waals surface area contributed by atoms with Crippen LogP contribution in [0.1, 0.15) is 37.9 Å². The summed E-state index contributed by atoms with van der Waals surface area (Å²) < 4.78 is 0. The SMILES string of the molecule is CC(=O)N1CCCCC1c1cncc(-c2cccnc2)n1. The van der Waals surface area contributed by atoms with Gasteiger partial charge in [-0.05, 0) is 31.4 Å². The first-order chi connectivity index (χ1) is 10.3. The number of rotatable bonds is 2. The van der Waals surface area contributed by atoms with Crippen LogP contribution in [0.25, 0.3) is 11.3 Å². The van der Waals surface area contributed by atoms with E-state index in [1.807, 2.05) is 17.0 Å². The van der Waals surface area contributed by atoms with E-state index in [2.05, 4.69) is 9.97 Å². The lowest BCUT2D eigenvalue weighted by Crippen LogP contribution is -2.37. The number of carbonyl (C=O) groups is 1. The Bertz CT molecular complexity index is 629. The Morgan fingerprint density at radius 3 is 2.90 bits per heavy atom. The Labute approximate surface area is 124 Å². The zero-order valence-electron chi connectivity index (χ0n) is 12.1. The molecule has 0 N–H and O–H groups in total. The van der Waals surface area contributed by atoms with Gasteiger partial charge in [0.2, 0.25) is 5.91 Å². The number of nitrogens with zero attached hydrogens (tertiary/aromatic N) is 4. The molecule has 2 aromatic heterocycles. The molecule has 5 heteroatoms. The van der Waals surface area contributed by atoms with Crippen LogP contribution in [0.2, 0.25) is 0 Å². The number of aromatic nitrogens is 3. The molecule has 0 saturated carbocycles. The van der Waals surface area contributed by atoms with Crippen molar-refractivity contribution in [1.29, 1.82) is 0 Å². The Kier molecular flexibility index (Phi) is 3.90. The highest BCUT2D eigenvalue weighted by Crippen LogP contribution is 2.30. The van der Waals surface area contributed by atoms with E-state index >= 15 is 0 Å². The van der Waals surface area contributed by atoms with Gasteiger partial charge in [0.1, 0.15) is 0 Å². The van der Waals surface area contributed by atoms with Crippen molar-refractivity contribution in [2.45, 2.75) is 32.2 Å². The number of piperidine rings is 1. The first-order valence-electron chi connectivity index (χ1n) is 7.25. The maximum absolute atomic E-state index is 11.8. The van der Waals surface area contributed by atoms with E-state index in [0.29, 0.717) is 0 Å². The molecule has 0 aromatic carbocycles. The largest absolute Gasteiger partial charge is 0.334 e. The van der Waals surface area contributed by atoms with Gasteiger partial charge in [-0.25, -0.2) is 4.98 Å². The van der Waals surface area contributed by atoms with Crippen LogP contribution in [-0.2, 0) is 4.79 Å². The fourth-order valence-corrected chi connectivity index (χ4v) is 2.81. The van der Waals surface area contributed by atoms with Crippen molar-refractivity contribution >= 4 is 5.91 Å². The Morgan fingerprint density at radius 2 is 2.14 bits per heavy atom. The molecule has 3 heterocycles. The van der Waals surface area contributed by atoms with E-state index in [1.165, 1.54) is 0 Å². The third-order valence-electron chi connectivity index (χ3n) is 3.86. The third kappa shape index (κ3) is 2.91. The van der Waals surface area contributed by atoms with Crippen molar-refractivity contribution < 1.29 is 4.79 Å². The molecule has 1 amide bonds. The van der Waals surface area contributed by atoms with Crippen LogP contribution in [0.5, 0.6) is 0 Å². The zero-order valence-corrected chi connectivity index (χ0v) is 12.1. The summed E-state index contributed by atoms with van der Waals surface area (Å²) in [4.78, 5) is 26.8. The average Bonchev–Trinajstić information content (AvgIpc) is 2.56. The topological polar surface area (TPSA) is 59.0 Å². The molecule has 0 spiro atoms. The van der Waals surface area contributed by atoms with Crippen molar-refractivity contribution in [3.8, 4) is 11.3 Å². The van der Waals surface area contributed by atoms with Crippen molar-refractivity contribution in [2.24, 2.45) is 0 Å². The van der Waals surface area contributed by atoms with Gasteiger partial charge in [-0.3, -0.25) is 14.8 Å². The highest BCUT2D eigenvalue weighted by atomic mass is 16.2. The maximum atomic E-state index is 11.8. The highest BCUT2D eigenvalue weighted by molar-refractivity contribution is 5.73. The number of carbonyl (C=O) groups excluding carboxylic acids is 1. The lowest BCUT2D eigenvalue weighted by Gasteiger charge is -2.34. The highest BCUT2D eigenvalue weighted by Gasteiger charge is 2.27. The fourth-order valence-electron chi connectivity index (χ4n) is 2.81. The molecule has 0 bridgehead atoms. The van der Waals surface area contributed by atoms with Crippen LogP contribution >= 0.6 is 0 Å². The third-order valence-corrected chi connectivity index (χ3v) is 3.86. The molecule has 3 rings (SSSR count). The number of likely N-dealkylation sites (tertiary alicyclic amines) is 1. The summed E-state index contributed by atoms with van der Waals surface area (Å²) in [7, 11) is 0.